The van der Waals surface area contributed by atoms with E-state index in [0.29, 0.717) is 0 Å². The molecule has 0 saturated heterocycles. The molecule has 1 aromatic carbocycles. The van der Waals surface area contributed by atoms with E-state index in [9.17, 15) is 0 Å². The molecule has 0 spiro atoms. The first-order valence-corrected chi connectivity index (χ1v) is 8.74. The van der Waals surface area contributed by atoms with Gasteiger partial charge in [-0.05, 0) is 38.0 Å². The van der Waals surface area contributed by atoms with Crippen molar-refractivity contribution in [3.63, 3.8) is 0 Å². The molecule has 0 aliphatic carbocycles. The molecular weight excluding hydrogens is 352 g/mol. The number of aromatic nitrogens is 2. The Bertz CT molecular complexity index is 583. The standard InChI is InChI=1S/C16H22BrClN2O/c1-3-4-9-21-10-5-8-20-15-7-6-13(17)11-14(15)19-16(20)12(2)18/h6-7,11-12H,3-5,8-10H2,1-2H3. The molecule has 116 valence electrons. The highest BCUT2D eigenvalue weighted by Crippen LogP contribution is 2.26. The summed E-state index contributed by atoms with van der Waals surface area (Å²) in [5.41, 5.74) is 2.12. The highest BCUT2D eigenvalue weighted by Gasteiger charge is 2.14. The van der Waals surface area contributed by atoms with Crippen LogP contribution in [-0.4, -0.2) is 22.8 Å². The lowest BCUT2D eigenvalue weighted by molar-refractivity contribution is 0.126. The predicted octanol–water partition coefficient (Wildman–Crippen LogP) is 5.31. The Hall–Kier alpha value is -0.580. The van der Waals surface area contributed by atoms with E-state index in [0.717, 1.165) is 53.9 Å². The minimum absolute atomic E-state index is 0.0998. The van der Waals surface area contributed by atoms with E-state index in [2.05, 4.69) is 38.5 Å². The summed E-state index contributed by atoms with van der Waals surface area (Å²) in [5, 5.41) is -0.0998. The normalized spacial score (nSPS) is 13.0. The fourth-order valence-electron chi connectivity index (χ4n) is 2.33. The maximum atomic E-state index is 6.27. The number of benzene rings is 1. The molecule has 1 atom stereocenters. The Morgan fingerprint density at radius 3 is 2.81 bits per heavy atom. The molecule has 1 aromatic heterocycles. The van der Waals surface area contributed by atoms with Gasteiger partial charge < -0.3 is 9.30 Å². The van der Waals surface area contributed by atoms with Crippen LogP contribution in [0.1, 0.15) is 44.3 Å². The van der Waals surface area contributed by atoms with E-state index < -0.39 is 0 Å². The molecule has 0 amide bonds. The number of imidazole rings is 1. The number of fused-ring (bicyclic) bond motifs is 1. The summed E-state index contributed by atoms with van der Waals surface area (Å²) in [6.45, 7) is 6.66. The van der Waals surface area contributed by atoms with Gasteiger partial charge in [-0.1, -0.05) is 29.3 Å². The Morgan fingerprint density at radius 2 is 2.10 bits per heavy atom. The summed E-state index contributed by atoms with van der Waals surface area (Å²) < 4.78 is 8.88. The average molecular weight is 374 g/mol. The van der Waals surface area contributed by atoms with Gasteiger partial charge >= 0.3 is 0 Å². The van der Waals surface area contributed by atoms with E-state index in [-0.39, 0.29) is 5.38 Å². The minimum atomic E-state index is -0.0998. The van der Waals surface area contributed by atoms with Gasteiger partial charge in [0.15, 0.2) is 0 Å². The number of halogens is 2. The summed E-state index contributed by atoms with van der Waals surface area (Å²) in [7, 11) is 0. The van der Waals surface area contributed by atoms with Crippen LogP contribution in [0.25, 0.3) is 11.0 Å². The zero-order chi connectivity index (χ0) is 15.2. The summed E-state index contributed by atoms with van der Waals surface area (Å²) >= 11 is 9.76. The lowest BCUT2D eigenvalue weighted by Crippen LogP contribution is -2.07. The van der Waals surface area contributed by atoms with E-state index in [1.807, 2.05) is 19.1 Å². The number of alkyl halides is 1. The molecule has 0 saturated carbocycles. The number of aryl methyl sites for hydroxylation is 1. The van der Waals surface area contributed by atoms with Gasteiger partial charge in [-0.25, -0.2) is 4.98 Å². The van der Waals surface area contributed by atoms with Crippen LogP contribution in [0.4, 0.5) is 0 Å². The van der Waals surface area contributed by atoms with Crippen LogP contribution in [0.15, 0.2) is 22.7 Å². The first kappa shape index (κ1) is 16.8. The molecule has 1 heterocycles. The highest BCUT2D eigenvalue weighted by molar-refractivity contribution is 9.10. The van der Waals surface area contributed by atoms with E-state index in [1.165, 1.54) is 6.42 Å². The maximum absolute atomic E-state index is 6.27. The SMILES string of the molecule is CCCCOCCCn1c(C(C)Cl)nc2cc(Br)ccc21. The zero-order valence-electron chi connectivity index (χ0n) is 12.6. The van der Waals surface area contributed by atoms with E-state index in [1.54, 1.807) is 0 Å². The van der Waals surface area contributed by atoms with Gasteiger partial charge in [0, 0.05) is 24.2 Å². The van der Waals surface area contributed by atoms with Crippen molar-refractivity contribution in [3.05, 3.63) is 28.5 Å². The third-order valence-corrected chi connectivity index (χ3v) is 4.10. The van der Waals surface area contributed by atoms with Crippen LogP contribution in [0.3, 0.4) is 0 Å². The fraction of sp³-hybridized carbons (Fsp3) is 0.562. The Labute approximate surface area is 139 Å². The molecule has 21 heavy (non-hydrogen) atoms. The smallest absolute Gasteiger partial charge is 0.127 e. The molecule has 2 aromatic rings. The summed E-state index contributed by atoms with van der Waals surface area (Å²) in [6, 6.07) is 6.17. The Morgan fingerprint density at radius 1 is 1.33 bits per heavy atom. The Kier molecular flexibility index (Phi) is 6.52. The molecule has 2 rings (SSSR count). The van der Waals surface area contributed by atoms with Gasteiger partial charge in [0.2, 0.25) is 0 Å². The quantitative estimate of drug-likeness (QED) is 0.463. The van der Waals surface area contributed by atoms with Gasteiger partial charge in [0.1, 0.15) is 5.82 Å². The lowest BCUT2D eigenvalue weighted by atomic mass is 10.3. The largest absolute Gasteiger partial charge is 0.381 e. The molecule has 1 unspecified atom stereocenters. The number of unbranched alkanes of at least 4 members (excludes halogenated alkanes) is 1. The number of hydrogen-bond acceptors (Lipinski definition) is 2. The van der Waals surface area contributed by atoms with Crippen molar-refractivity contribution in [2.75, 3.05) is 13.2 Å². The van der Waals surface area contributed by atoms with Crippen LogP contribution >= 0.6 is 27.5 Å². The zero-order valence-corrected chi connectivity index (χ0v) is 15.0. The monoisotopic (exact) mass is 372 g/mol. The first-order valence-electron chi connectivity index (χ1n) is 7.51. The van der Waals surface area contributed by atoms with Gasteiger partial charge in [0.05, 0.1) is 16.4 Å². The van der Waals surface area contributed by atoms with Crippen molar-refractivity contribution in [1.82, 2.24) is 9.55 Å². The fourth-order valence-corrected chi connectivity index (χ4v) is 2.85. The van der Waals surface area contributed by atoms with Crippen LogP contribution in [0.5, 0.6) is 0 Å². The summed E-state index contributed by atoms with van der Waals surface area (Å²) in [6.07, 6.45) is 3.28. The number of nitrogens with zero attached hydrogens (tertiary/aromatic N) is 2. The van der Waals surface area contributed by atoms with Gasteiger partial charge in [-0.15, -0.1) is 11.6 Å². The molecule has 0 radical (unpaired) electrons. The van der Waals surface area contributed by atoms with Crippen LogP contribution in [0, 0.1) is 0 Å². The highest BCUT2D eigenvalue weighted by atomic mass is 79.9. The van der Waals surface area contributed by atoms with Crippen molar-refractivity contribution in [3.8, 4) is 0 Å². The van der Waals surface area contributed by atoms with Crippen LogP contribution in [-0.2, 0) is 11.3 Å². The molecule has 0 aliphatic rings. The molecule has 0 aliphatic heterocycles. The van der Waals surface area contributed by atoms with Gasteiger partial charge in [0.25, 0.3) is 0 Å². The van der Waals surface area contributed by atoms with Crippen LogP contribution < -0.4 is 0 Å². The van der Waals surface area contributed by atoms with Crippen molar-refractivity contribution in [2.45, 2.75) is 45.0 Å². The second kappa shape index (κ2) is 8.16. The molecule has 3 nitrogen and oxygen atoms in total. The minimum Gasteiger partial charge on any atom is -0.381 e. The third-order valence-electron chi connectivity index (χ3n) is 3.41. The molecule has 0 fully saturated rings. The number of rotatable bonds is 8. The number of hydrogen-bond donors (Lipinski definition) is 0. The second-order valence-electron chi connectivity index (χ2n) is 5.19. The predicted molar refractivity (Wildman–Crippen MR) is 92.0 cm³/mol. The molecule has 5 heteroatoms. The van der Waals surface area contributed by atoms with Crippen molar-refractivity contribution in [1.29, 1.82) is 0 Å². The van der Waals surface area contributed by atoms with E-state index >= 15 is 0 Å². The van der Waals surface area contributed by atoms with Crippen molar-refractivity contribution < 1.29 is 4.74 Å². The third kappa shape index (κ3) is 4.44. The van der Waals surface area contributed by atoms with Crippen molar-refractivity contribution in [2.24, 2.45) is 0 Å². The van der Waals surface area contributed by atoms with Crippen LogP contribution in [0.2, 0.25) is 0 Å². The molecular formula is C16H22BrClN2O. The molecule has 0 N–H and O–H groups in total. The van der Waals surface area contributed by atoms with Gasteiger partial charge in [-0.3, -0.25) is 0 Å². The summed E-state index contributed by atoms with van der Waals surface area (Å²) in [5.74, 6) is 0.929. The second-order valence-corrected chi connectivity index (χ2v) is 6.76. The summed E-state index contributed by atoms with van der Waals surface area (Å²) in [4.78, 5) is 4.66. The number of ether oxygens (including phenoxy) is 1. The van der Waals surface area contributed by atoms with Crippen molar-refractivity contribution >= 4 is 38.6 Å². The first-order chi connectivity index (χ1) is 10.1. The lowest BCUT2D eigenvalue weighted by Gasteiger charge is -2.10. The maximum Gasteiger partial charge on any atom is 0.127 e. The Balaban J connectivity index is 2.08. The van der Waals surface area contributed by atoms with Gasteiger partial charge in [-0.2, -0.15) is 0 Å². The average Bonchev–Trinajstić information content (AvgIpc) is 2.80. The topological polar surface area (TPSA) is 27.1 Å². The van der Waals surface area contributed by atoms with E-state index in [4.69, 9.17) is 16.3 Å². The molecule has 0 bridgehead atoms.